The van der Waals surface area contributed by atoms with Crippen LogP contribution in [0.4, 0.5) is 9.59 Å². The van der Waals surface area contributed by atoms with Crippen LogP contribution in [0.25, 0.3) is 5.70 Å². The summed E-state index contributed by atoms with van der Waals surface area (Å²) in [5.41, 5.74) is 6.19. The van der Waals surface area contributed by atoms with Gasteiger partial charge in [0, 0.05) is 11.1 Å². The highest BCUT2D eigenvalue weighted by atomic mass is 16.6. The van der Waals surface area contributed by atoms with Crippen molar-refractivity contribution in [1.29, 1.82) is 0 Å². The summed E-state index contributed by atoms with van der Waals surface area (Å²) in [6, 6.07) is 6.21. The lowest BCUT2D eigenvalue weighted by atomic mass is 9.90. The molecule has 3 N–H and O–H groups in total. The van der Waals surface area contributed by atoms with E-state index in [1.54, 1.807) is 53.7 Å². The number of ether oxygens (including phenoxy) is 2. The highest BCUT2D eigenvalue weighted by molar-refractivity contribution is 6.52. The largest absolute Gasteiger partial charge is 0.443 e. The Hall–Kier alpha value is -3.36. The number of hydrogen-bond acceptors (Lipinski definition) is 7. The molecule has 9 nitrogen and oxygen atoms in total. The van der Waals surface area contributed by atoms with E-state index < -0.39 is 40.7 Å². The van der Waals surface area contributed by atoms with Gasteiger partial charge in [0.05, 0.1) is 5.70 Å². The molecule has 1 aromatic rings. The van der Waals surface area contributed by atoms with Gasteiger partial charge in [-0.3, -0.25) is 9.59 Å². The number of benzene rings is 1. The quantitative estimate of drug-likeness (QED) is 0.545. The lowest BCUT2D eigenvalue weighted by Gasteiger charge is -2.31. The summed E-state index contributed by atoms with van der Waals surface area (Å²) in [5, 5.41) is 0.519. The minimum absolute atomic E-state index is 0.111. The zero-order chi connectivity index (χ0) is 22.1. The Morgan fingerprint density at radius 2 is 1.41 bits per heavy atom. The molecule has 29 heavy (non-hydrogen) atoms. The number of Topliss-reactive ketones (excluding diaryl/α,β-unsaturated/α-hetero) is 2. The van der Waals surface area contributed by atoms with Gasteiger partial charge in [-0.1, -0.05) is 24.3 Å². The van der Waals surface area contributed by atoms with Crippen LogP contribution in [-0.2, 0) is 14.3 Å². The summed E-state index contributed by atoms with van der Waals surface area (Å²) in [6.45, 7) is 9.71. The number of fused-ring (bicyclic) bond motifs is 1. The minimum Gasteiger partial charge on any atom is -0.443 e. The van der Waals surface area contributed by atoms with Gasteiger partial charge in [-0.25, -0.2) is 15.0 Å². The van der Waals surface area contributed by atoms with E-state index in [9.17, 15) is 19.2 Å². The second kappa shape index (κ2) is 7.57. The lowest BCUT2D eigenvalue weighted by molar-refractivity contribution is -0.113. The van der Waals surface area contributed by atoms with Crippen LogP contribution in [0.15, 0.2) is 30.0 Å². The van der Waals surface area contributed by atoms with Gasteiger partial charge in [0.15, 0.2) is 0 Å². The van der Waals surface area contributed by atoms with Crippen molar-refractivity contribution in [3.8, 4) is 0 Å². The molecule has 0 saturated carbocycles. The van der Waals surface area contributed by atoms with Crippen molar-refractivity contribution in [2.24, 2.45) is 5.73 Å². The molecule has 0 aliphatic heterocycles. The number of nitrogens with one attached hydrogen (secondary N) is 1. The maximum Gasteiger partial charge on any atom is 0.434 e. The average Bonchev–Trinajstić information content (AvgIpc) is 2.56. The normalized spacial score (nSPS) is 14.3. The number of hydrazine groups is 1. The Morgan fingerprint density at radius 3 is 1.93 bits per heavy atom. The van der Waals surface area contributed by atoms with Crippen LogP contribution in [0.3, 0.4) is 0 Å². The molecule has 1 aliphatic carbocycles. The van der Waals surface area contributed by atoms with Crippen molar-refractivity contribution in [2.45, 2.75) is 52.7 Å². The zero-order valence-electron chi connectivity index (χ0n) is 17.3. The number of amides is 2. The predicted octanol–water partition coefficient (Wildman–Crippen LogP) is 2.76. The zero-order valence-corrected chi connectivity index (χ0v) is 17.3. The topological polar surface area (TPSA) is 128 Å². The highest BCUT2D eigenvalue weighted by Crippen LogP contribution is 2.28. The smallest absolute Gasteiger partial charge is 0.434 e. The van der Waals surface area contributed by atoms with E-state index in [1.807, 2.05) is 0 Å². The number of carbonyl (C=O) groups excluding carboxylic acids is 4. The van der Waals surface area contributed by atoms with Crippen LogP contribution >= 0.6 is 0 Å². The molecule has 0 fully saturated rings. The van der Waals surface area contributed by atoms with Crippen molar-refractivity contribution in [3.63, 3.8) is 0 Å². The molecular weight excluding hydrogens is 378 g/mol. The third-order valence-electron chi connectivity index (χ3n) is 3.54. The van der Waals surface area contributed by atoms with Gasteiger partial charge >= 0.3 is 12.2 Å². The molecule has 0 unspecified atom stereocenters. The van der Waals surface area contributed by atoms with Crippen molar-refractivity contribution < 1.29 is 28.7 Å². The number of allylic oxidation sites excluding steroid dienone is 1. The average molecular weight is 403 g/mol. The fraction of sp³-hybridized carbons (Fsp3) is 0.400. The Morgan fingerprint density at radius 1 is 0.897 bits per heavy atom. The third kappa shape index (κ3) is 5.13. The van der Waals surface area contributed by atoms with Crippen molar-refractivity contribution in [3.05, 3.63) is 41.1 Å². The molecule has 0 atom stereocenters. The maximum atomic E-state index is 12.7. The number of nitrogens with two attached hydrogens (primary N) is 1. The van der Waals surface area contributed by atoms with Crippen molar-refractivity contribution >= 4 is 29.5 Å². The van der Waals surface area contributed by atoms with Crippen LogP contribution in [0.5, 0.6) is 0 Å². The molecule has 0 heterocycles. The number of nitrogens with zero attached hydrogens (tertiary/aromatic N) is 1. The Balaban J connectivity index is 2.55. The molecule has 0 bridgehead atoms. The van der Waals surface area contributed by atoms with E-state index in [1.165, 1.54) is 12.1 Å². The van der Waals surface area contributed by atoms with Gasteiger partial charge < -0.3 is 15.2 Å². The number of carbonyl (C=O) groups is 4. The fourth-order valence-corrected chi connectivity index (χ4v) is 2.51. The first-order chi connectivity index (χ1) is 13.2. The molecule has 156 valence electrons. The van der Waals surface area contributed by atoms with E-state index in [0.717, 1.165) is 0 Å². The monoisotopic (exact) mass is 403 g/mol. The van der Waals surface area contributed by atoms with Gasteiger partial charge in [0.1, 0.15) is 16.9 Å². The number of ketones is 2. The molecule has 1 aliphatic rings. The van der Waals surface area contributed by atoms with E-state index in [4.69, 9.17) is 15.2 Å². The molecule has 2 amide bonds. The maximum absolute atomic E-state index is 12.7. The summed E-state index contributed by atoms with van der Waals surface area (Å²) in [5.74, 6) is -1.91. The standard InChI is InChI=1S/C20H25N3O6/c1-19(2,3)28-17(26)22-23(18(27)29-20(4,5)6)14-13(21)11-9-7-8-10-12(11)15(24)16(14)25/h7-10H,21H2,1-6H3,(H,22,26). The van der Waals surface area contributed by atoms with E-state index in [0.29, 0.717) is 5.01 Å². The number of hydrogen-bond donors (Lipinski definition) is 2. The molecule has 9 heteroatoms. The Bertz CT molecular complexity index is 906. The fourth-order valence-electron chi connectivity index (χ4n) is 2.51. The predicted molar refractivity (Wildman–Crippen MR) is 104 cm³/mol. The Labute approximate surface area is 168 Å². The minimum atomic E-state index is -1.10. The van der Waals surface area contributed by atoms with Gasteiger partial charge in [-0.05, 0) is 41.5 Å². The molecule has 0 radical (unpaired) electrons. The van der Waals surface area contributed by atoms with Crippen molar-refractivity contribution in [1.82, 2.24) is 10.4 Å². The first-order valence-corrected chi connectivity index (χ1v) is 8.92. The van der Waals surface area contributed by atoms with E-state index in [-0.39, 0.29) is 16.8 Å². The van der Waals surface area contributed by atoms with Crippen LogP contribution in [0, 0.1) is 0 Å². The van der Waals surface area contributed by atoms with Crippen molar-refractivity contribution in [2.75, 3.05) is 0 Å². The molecule has 2 rings (SSSR count). The lowest BCUT2D eigenvalue weighted by Crippen LogP contribution is -2.52. The van der Waals surface area contributed by atoms with E-state index in [2.05, 4.69) is 5.43 Å². The molecular formula is C20H25N3O6. The van der Waals surface area contributed by atoms with E-state index >= 15 is 0 Å². The SMILES string of the molecule is CC(C)(C)OC(=O)NN(C(=O)OC(C)(C)C)C1=C(N)c2ccccc2C(=O)C1=O. The summed E-state index contributed by atoms with van der Waals surface area (Å²) in [6.07, 6.45) is -2.12. The summed E-state index contributed by atoms with van der Waals surface area (Å²) >= 11 is 0. The molecule has 0 spiro atoms. The van der Waals surface area contributed by atoms with Gasteiger partial charge in [-0.2, -0.15) is 5.01 Å². The second-order valence-electron chi connectivity index (χ2n) is 8.40. The summed E-state index contributed by atoms with van der Waals surface area (Å²) < 4.78 is 10.4. The van der Waals surface area contributed by atoms with Crippen LogP contribution in [-0.4, -0.2) is 40.0 Å². The van der Waals surface area contributed by atoms with Gasteiger partial charge in [0.2, 0.25) is 5.78 Å². The van der Waals surface area contributed by atoms with Gasteiger partial charge in [-0.15, -0.1) is 0 Å². The third-order valence-corrected chi connectivity index (χ3v) is 3.54. The molecule has 0 aromatic heterocycles. The van der Waals surface area contributed by atoms with Crippen LogP contribution in [0.1, 0.15) is 57.5 Å². The Kier molecular flexibility index (Phi) is 5.73. The summed E-state index contributed by atoms with van der Waals surface area (Å²) in [7, 11) is 0. The summed E-state index contributed by atoms with van der Waals surface area (Å²) in [4.78, 5) is 50.3. The van der Waals surface area contributed by atoms with Crippen LogP contribution < -0.4 is 11.2 Å². The number of rotatable bonds is 1. The highest BCUT2D eigenvalue weighted by Gasteiger charge is 2.40. The molecule has 1 aromatic carbocycles. The van der Waals surface area contributed by atoms with Crippen LogP contribution in [0.2, 0.25) is 0 Å². The first-order valence-electron chi connectivity index (χ1n) is 8.92. The first kappa shape index (κ1) is 21.9. The van der Waals surface area contributed by atoms with Gasteiger partial charge in [0.25, 0.3) is 5.78 Å². The second-order valence-corrected chi connectivity index (χ2v) is 8.40. The molecule has 0 saturated heterocycles.